The molecule has 0 radical (unpaired) electrons. The largest absolute Gasteiger partial charge is 0.466 e. The first-order valence-electron chi connectivity index (χ1n) is 5.11. The summed E-state index contributed by atoms with van der Waals surface area (Å²) in [6.07, 6.45) is 0.411. The van der Waals surface area contributed by atoms with Crippen LogP contribution in [0.4, 0.5) is 0 Å². The van der Waals surface area contributed by atoms with Crippen LogP contribution < -0.4 is 0 Å². The lowest BCUT2D eigenvalue weighted by atomic mass is 10.1. The van der Waals surface area contributed by atoms with Crippen molar-refractivity contribution in [2.24, 2.45) is 0 Å². The van der Waals surface area contributed by atoms with E-state index in [2.05, 4.69) is 4.74 Å². The van der Waals surface area contributed by atoms with Crippen LogP contribution in [0.3, 0.4) is 0 Å². The van der Waals surface area contributed by atoms with Crippen LogP contribution in [0.2, 0.25) is 0 Å². The van der Waals surface area contributed by atoms with Crippen LogP contribution in [-0.2, 0) is 9.53 Å². The highest BCUT2D eigenvalue weighted by Gasteiger charge is 2.15. The highest BCUT2D eigenvalue weighted by molar-refractivity contribution is 5.69. The number of rotatable bonds is 7. The van der Waals surface area contributed by atoms with Gasteiger partial charge in [-0.3, -0.25) is 4.79 Å². The summed E-state index contributed by atoms with van der Waals surface area (Å²) in [4.78, 5) is 10.9. The van der Waals surface area contributed by atoms with E-state index in [0.717, 1.165) is 6.42 Å². The van der Waals surface area contributed by atoms with E-state index in [1.54, 1.807) is 6.92 Å². The summed E-state index contributed by atoms with van der Waals surface area (Å²) < 4.78 is 4.67. The van der Waals surface area contributed by atoms with Crippen LogP contribution in [0, 0.1) is 0 Å². The molecule has 0 fully saturated rings. The first-order chi connectivity index (χ1) is 6.60. The fourth-order valence-corrected chi connectivity index (χ4v) is 1.26. The molecule has 0 aromatic carbocycles. The van der Waals surface area contributed by atoms with Gasteiger partial charge in [0.2, 0.25) is 0 Å². The summed E-state index contributed by atoms with van der Waals surface area (Å²) in [5.41, 5.74) is 0. The van der Waals surface area contributed by atoms with Crippen molar-refractivity contribution in [2.45, 2.75) is 51.7 Å². The quantitative estimate of drug-likeness (QED) is 0.603. The third-order valence-corrected chi connectivity index (χ3v) is 1.87. The highest BCUT2D eigenvalue weighted by Crippen LogP contribution is 2.08. The Morgan fingerprint density at radius 3 is 2.43 bits per heavy atom. The van der Waals surface area contributed by atoms with E-state index in [4.69, 9.17) is 0 Å². The van der Waals surface area contributed by atoms with E-state index in [1.807, 2.05) is 6.92 Å². The summed E-state index contributed by atoms with van der Waals surface area (Å²) in [6, 6.07) is 0. The number of ether oxygens (including phenoxy) is 1. The molecule has 14 heavy (non-hydrogen) atoms. The van der Waals surface area contributed by atoms with Crippen LogP contribution in [-0.4, -0.2) is 35.0 Å². The molecule has 0 aromatic rings. The average Bonchev–Trinajstić information content (AvgIpc) is 2.03. The number of carbonyl (C=O) groups is 1. The zero-order valence-corrected chi connectivity index (χ0v) is 8.90. The van der Waals surface area contributed by atoms with Gasteiger partial charge < -0.3 is 14.9 Å². The van der Waals surface area contributed by atoms with Crippen molar-refractivity contribution >= 4 is 5.97 Å². The maximum atomic E-state index is 10.9. The number of aliphatic hydroxyl groups excluding tert-OH is 2. The molecule has 0 aliphatic carbocycles. The molecule has 0 spiro atoms. The van der Waals surface area contributed by atoms with Crippen molar-refractivity contribution in [1.29, 1.82) is 0 Å². The molecular weight excluding hydrogens is 184 g/mol. The second-order valence-electron chi connectivity index (χ2n) is 3.34. The maximum Gasteiger partial charge on any atom is 0.308 e. The predicted molar refractivity (Wildman–Crippen MR) is 52.8 cm³/mol. The molecule has 0 aliphatic rings. The van der Waals surface area contributed by atoms with Gasteiger partial charge in [-0.15, -0.1) is 0 Å². The second-order valence-corrected chi connectivity index (χ2v) is 3.34. The van der Waals surface area contributed by atoms with Gasteiger partial charge in [-0.05, 0) is 19.8 Å². The van der Waals surface area contributed by atoms with Gasteiger partial charge in [-0.2, -0.15) is 0 Å². The Balaban J connectivity index is 3.63. The summed E-state index contributed by atoms with van der Waals surface area (Å²) in [7, 11) is 0. The van der Waals surface area contributed by atoms with E-state index in [1.165, 1.54) is 0 Å². The first-order valence-corrected chi connectivity index (χ1v) is 5.11. The lowest BCUT2D eigenvalue weighted by molar-refractivity contribution is -0.145. The minimum Gasteiger partial charge on any atom is -0.466 e. The van der Waals surface area contributed by atoms with Crippen LogP contribution in [0.15, 0.2) is 0 Å². The molecule has 2 atom stereocenters. The smallest absolute Gasteiger partial charge is 0.308 e. The molecule has 0 bridgehead atoms. The van der Waals surface area contributed by atoms with Gasteiger partial charge in [0.25, 0.3) is 0 Å². The van der Waals surface area contributed by atoms with Crippen molar-refractivity contribution in [3.63, 3.8) is 0 Å². The lowest BCUT2D eigenvalue weighted by Crippen LogP contribution is -2.21. The Morgan fingerprint density at radius 2 is 1.93 bits per heavy atom. The summed E-state index contributed by atoms with van der Waals surface area (Å²) in [5.74, 6) is -0.413. The minimum absolute atomic E-state index is 0.0331. The van der Waals surface area contributed by atoms with Gasteiger partial charge in [0, 0.05) is 0 Å². The van der Waals surface area contributed by atoms with E-state index < -0.39 is 18.2 Å². The van der Waals surface area contributed by atoms with Gasteiger partial charge in [-0.25, -0.2) is 0 Å². The van der Waals surface area contributed by atoms with Gasteiger partial charge in [0.15, 0.2) is 0 Å². The molecule has 84 valence electrons. The van der Waals surface area contributed by atoms with Crippen LogP contribution in [0.5, 0.6) is 0 Å². The Morgan fingerprint density at radius 1 is 1.29 bits per heavy atom. The molecule has 0 heterocycles. The van der Waals surface area contributed by atoms with E-state index in [9.17, 15) is 15.0 Å². The third kappa shape index (κ3) is 6.86. The number of hydrogen-bond donors (Lipinski definition) is 2. The normalized spacial score (nSPS) is 14.9. The Kier molecular flexibility index (Phi) is 7.42. The number of carbonyl (C=O) groups excluding carboxylic acids is 1. The van der Waals surface area contributed by atoms with Gasteiger partial charge in [0.1, 0.15) is 0 Å². The Hall–Kier alpha value is -0.610. The van der Waals surface area contributed by atoms with E-state index >= 15 is 0 Å². The Bertz CT molecular complexity index is 158. The fourth-order valence-electron chi connectivity index (χ4n) is 1.26. The zero-order valence-electron chi connectivity index (χ0n) is 8.90. The van der Waals surface area contributed by atoms with Crippen molar-refractivity contribution in [3.8, 4) is 0 Å². The predicted octanol–water partition coefficient (Wildman–Crippen LogP) is 0.852. The molecule has 0 aromatic heterocycles. The molecule has 0 aliphatic heterocycles. The summed E-state index contributed by atoms with van der Waals surface area (Å²) >= 11 is 0. The minimum atomic E-state index is -0.796. The molecule has 2 N–H and O–H groups in total. The molecule has 0 saturated heterocycles. The second kappa shape index (κ2) is 7.76. The van der Waals surface area contributed by atoms with Crippen LogP contribution in [0.25, 0.3) is 0 Å². The molecule has 0 saturated carbocycles. The fraction of sp³-hybridized carbons (Fsp3) is 0.900. The standard InChI is InChI=1S/C10H20O4/c1-3-5-8(11)6-9(12)7-10(13)14-4-2/h8-9,11-12H,3-7H2,1-2H3/t8-,9+/m1/s1. The molecule has 0 amide bonds. The molecule has 0 rings (SSSR count). The molecule has 4 heteroatoms. The third-order valence-electron chi connectivity index (χ3n) is 1.87. The monoisotopic (exact) mass is 204 g/mol. The van der Waals surface area contributed by atoms with Gasteiger partial charge in [0.05, 0.1) is 25.2 Å². The number of aliphatic hydroxyl groups is 2. The van der Waals surface area contributed by atoms with Crippen molar-refractivity contribution in [3.05, 3.63) is 0 Å². The van der Waals surface area contributed by atoms with E-state index in [-0.39, 0.29) is 12.8 Å². The number of hydrogen-bond acceptors (Lipinski definition) is 4. The maximum absolute atomic E-state index is 10.9. The van der Waals surface area contributed by atoms with Crippen molar-refractivity contribution in [2.75, 3.05) is 6.61 Å². The number of esters is 1. The Labute approximate surface area is 84.9 Å². The first kappa shape index (κ1) is 13.4. The van der Waals surface area contributed by atoms with Gasteiger partial charge in [-0.1, -0.05) is 13.3 Å². The topological polar surface area (TPSA) is 66.8 Å². The molecule has 4 nitrogen and oxygen atoms in total. The molecule has 0 unspecified atom stereocenters. The zero-order chi connectivity index (χ0) is 11.0. The van der Waals surface area contributed by atoms with E-state index in [0.29, 0.717) is 13.0 Å². The summed E-state index contributed by atoms with van der Waals surface area (Å²) in [6.45, 7) is 4.00. The van der Waals surface area contributed by atoms with Crippen molar-refractivity contribution < 1.29 is 19.7 Å². The highest BCUT2D eigenvalue weighted by atomic mass is 16.5. The SMILES string of the molecule is CCC[C@@H](O)C[C@H](O)CC(=O)OCC. The molecular formula is C10H20O4. The van der Waals surface area contributed by atoms with Crippen LogP contribution in [0.1, 0.15) is 39.5 Å². The average molecular weight is 204 g/mol. The lowest BCUT2D eigenvalue weighted by Gasteiger charge is -2.14. The van der Waals surface area contributed by atoms with Crippen LogP contribution >= 0.6 is 0 Å². The van der Waals surface area contributed by atoms with Crippen molar-refractivity contribution in [1.82, 2.24) is 0 Å². The summed E-state index contributed by atoms with van der Waals surface area (Å²) in [5, 5.41) is 18.7. The van der Waals surface area contributed by atoms with Gasteiger partial charge >= 0.3 is 5.97 Å².